The standard InChI is InChI=1S/C8H22O3Si2.5CH4/c1-8(2)10-13(6,7)11-12(4,5)9-3;;;;;/h8H,1-7H3;5*1H4. The Hall–Kier alpha value is 0.314. The first-order chi connectivity index (χ1) is 5.68. The van der Waals surface area contributed by atoms with Crippen molar-refractivity contribution in [2.45, 2.75) is 83.3 Å². The van der Waals surface area contributed by atoms with Crippen LogP contribution in [0, 0.1) is 0 Å². The largest absolute Gasteiger partial charge is 0.415 e. The van der Waals surface area contributed by atoms with E-state index in [-0.39, 0.29) is 43.2 Å². The average molecular weight is 303 g/mol. The molecule has 0 aliphatic heterocycles. The lowest BCUT2D eigenvalue weighted by atomic mass is 10.5. The summed E-state index contributed by atoms with van der Waals surface area (Å²) in [6, 6.07) is 0. The van der Waals surface area contributed by atoms with E-state index in [0.29, 0.717) is 0 Å². The van der Waals surface area contributed by atoms with Gasteiger partial charge in [-0.2, -0.15) is 0 Å². The van der Waals surface area contributed by atoms with E-state index in [9.17, 15) is 0 Å². The molecule has 5 heteroatoms. The Bertz CT molecular complexity index is 160. The highest BCUT2D eigenvalue weighted by molar-refractivity contribution is 6.78. The molecule has 0 rings (SSSR count). The molecular formula is C13H42O3Si2. The fourth-order valence-electron chi connectivity index (χ4n) is 1.23. The maximum absolute atomic E-state index is 5.92. The van der Waals surface area contributed by atoms with Crippen LogP contribution in [-0.4, -0.2) is 30.3 Å². The number of rotatable bonds is 5. The van der Waals surface area contributed by atoms with Crippen molar-refractivity contribution in [1.82, 2.24) is 0 Å². The van der Waals surface area contributed by atoms with Crippen LogP contribution < -0.4 is 0 Å². The summed E-state index contributed by atoms with van der Waals surface area (Å²) in [5.74, 6) is 0. The summed E-state index contributed by atoms with van der Waals surface area (Å²) >= 11 is 0. The summed E-state index contributed by atoms with van der Waals surface area (Å²) in [6.07, 6.45) is 0.225. The van der Waals surface area contributed by atoms with Gasteiger partial charge in [-0.3, -0.25) is 0 Å². The minimum atomic E-state index is -1.99. The normalized spacial score (nSPS) is 10.0. The van der Waals surface area contributed by atoms with Crippen molar-refractivity contribution in [2.75, 3.05) is 7.11 Å². The van der Waals surface area contributed by atoms with Gasteiger partial charge in [0.05, 0.1) is 0 Å². The molecule has 0 aromatic heterocycles. The lowest BCUT2D eigenvalue weighted by Crippen LogP contribution is -2.48. The van der Waals surface area contributed by atoms with Crippen LogP contribution in [0.4, 0.5) is 0 Å². The zero-order valence-corrected chi connectivity index (χ0v) is 11.8. The van der Waals surface area contributed by atoms with Crippen LogP contribution in [0.25, 0.3) is 0 Å². The van der Waals surface area contributed by atoms with Gasteiger partial charge in [0.25, 0.3) is 0 Å². The van der Waals surface area contributed by atoms with E-state index in [0.717, 1.165) is 0 Å². The molecule has 0 bridgehead atoms. The van der Waals surface area contributed by atoms with E-state index < -0.39 is 17.1 Å². The second-order valence-corrected chi connectivity index (χ2v) is 11.3. The van der Waals surface area contributed by atoms with E-state index in [2.05, 4.69) is 13.1 Å². The molecule has 0 aromatic carbocycles. The monoisotopic (exact) mass is 302 g/mol. The Morgan fingerprint density at radius 1 is 0.722 bits per heavy atom. The predicted octanol–water partition coefficient (Wildman–Crippen LogP) is 5.66. The highest BCUT2D eigenvalue weighted by Gasteiger charge is 2.36. The van der Waals surface area contributed by atoms with Crippen molar-refractivity contribution in [1.29, 1.82) is 0 Å². The van der Waals surface area contributed by atoms with Crippen LogP contribution in [0.2, 0.25) is 26.2 Å². The Labute approximate surface area is 121 Å². The fourth-order valence-corrected chi connectivity index (χ4v) is 7.62. The second kappa shape index (κ2) is 13.7. The molecular weight excluding hydrogens is 260 g/mol. The zero-order valence-electron chi connectivity index (χ0n) is 9.80. The minimum Gasteiger partial charge on any atom is -0.415 e. The summed E-state index contributed by atoms with van der Waals surface area (Å²) < 4.78 is 17.0. The van der Waals surface area contributed by atoms with Gasteiger partial charge in [-0.1, -0.05) is 37.1 Å². The van der Waals surface area contributed by atoms with Gasteiger partial charge in [0.1, 0.15) is 0 Å². The van der Waals surface area contributed by atoms with Gasteiger partial charge >= 0.3 is 17.1 Å². The highest BCUT2D eigenvalue weighted by atomic mass is 28.5. The maximum atomic E-state index is 5.92. The molecule has 0 fully saturated rings. The predicted molar refractivity (Wildman–Crippen MR) is 92.9 cm³/mol. The van der Waals surface area contributed by atoms with Gasteiger partial charge in [-0.15, -0.1) is 0 Å². The molecule has 0 amide bonds. The number of hydrogen-bond donors (Lipinski definition) is 0. The van der Waals surface area contributed by atoms with Crippen molar-refractivity contribution in [2.24, 2.45) is 0 Å². The van der Waals surface area contributed by atoms with E-state index in [4.69, 9.17) is 13.0 Å². The third-order valence-electron chi connectivity index (χ3n) is 1.50. The van der Waals surface area contributed by atoms with E-state index >= 15 is 0 Å². The van der Waals surface area contributed by atoms with Crippen LogP contribution in [0.1, 0.15) is 51.0 Å². The Morgan fingerprint density at radius 3 is 1.28 bits per heavy atom. The molecule has 18 heavy (non-hydrogen) atoms. The Kier molecular flexibility index (Phi) is 27.6. The summed E-state index contributed by atoms with van der Waals surface area (Å²) in [5, 5.41) is 0. The molecule has 0 N–H and O–H groups in total. The van der Waals surface area contributed by atoms with Crippen LogP contribution in [0.5, 0.6) is 0 Å². The van der Waals surface area contributed by atoms with Gasteiger partial charge in [0.15, 0.2) is 0 Å². The molecule has 0 aromatic rings. The van der Waals surface area contributed by atoms with Gasteiger partial charge < -0.3 is 13.0 Å². The lowest BCUT2D eigenvalue weighted by molar-refractivity contribution is 0.171. The van der Waals surface area contributed by atoms with Crippen LogP contribution >= 0.6 is 0 Å². The van der Waals surface area contributed by atoms with Gasteiger partial charge in [-0.05, 0) is 40.0 Å². The van der Waals surface area contributed by atoms with Crippen LogP contribution in [0.15, 0.2) is 0 Å². The van der Waals surface area contributed by atoms with E-state index in [1.165, 1.54) is 0 Å². The van der Waals surface area contributed by atoms with Crippen molar-refractivity contribution < 1.29 is 13.0 Å². The first kappa shape index (κ1) is 36.2. The first-order valence-corrected chi connectivity index (χ1v) is 10.2. The Morgan fingerprint density at radius 2 is 1.06 bits per heavy atom. The summed E-state index contributed by atoms with van der Waals surface area (Å²) in [7, 11) is -2.23. The third-order valence-corrected chi connectivity index (χ3v) is 7.46. The zero-order chi connectivity index (χ0) is 10.7. The second-order valence-electron chi connectivity index (χ2n) is 4.27. The summed E-state index contributed by atoms with van der Waals surface area (Å²) in [4.78, 5) is 0. The van der Waals surface area contributed by atoms with Gasteiger partial charge in [0, 0.05) is 13.2 Å². The first-order valence-electron chi connectivity index (χ1n) is 4.62. The summed E-state index contributed by atoms with van der Waals surface area (Å²) in [6.45, 7) is 12.2. The molecule has 0 aliphatic rings. The van der Waals surface area contributed by atoms with Crippen molar-refractivity contribution in [3.8, 4) is 0 Å². The summed E-state index contributed by atoms with van der Waals surface area (Å²) in [5.41, 5.74) is 0. The lowest BCUT2D eigenvalue weighted by Gasteiger charge is -2.32. The molecule has 0 unspecified atom stereocenters. The Balaban J connectivity index is -0.0000000720. The molecule has 0 heterocycles. The quantitative estimate of drug-likeness (QED) is 0.613. The molecule has 0 saturated heterocycles. The molecule has 3 nitrogen and oxygen atoms in total. The van der Waals surface area contributed by atoms with Crippen molar-refractivity contribution >= 4 is 17.1 Å². The molecule has 0 atom stereocenters. The molecule has 0 spiro atoms. The van der Waals surface area contributed by atoms with E-state index in [1.54, 1.807) is 7.11 Å². The van der Waals surface area contributed by atoms with Gasteiger partial charge in [-0.25, -0.2) is 0 Å². The van der Waals surface area contributed by atoms with Crippen LogP contribution in [-0.2, 0) is 13.0 Å². The van der Waals surface area contributed by atoms with Gasteiger partial charge in [0.2, 0.25) is 0 Å². The minimum absolute atomic E-state index is 0. The third kappa shape index (κ3) is 18.7. The average Bonchev–Trinajstić information content (AvgIpc) is 1.81. The number of hydrogen-bond acceptors (Lipinski definition) is 3. The fraction of sp³-hybridized carbons (Fsp3) is 1.00. The maximum Gasteiger partial charge on any atom is 0.323 e. The molecule has 0 radical (unpaired) electrons. The van der Waals surface area contributed by atoms with Crippen molar-refractivity contribution in [3.63, 3.8) is 0 Å². The van der Waals surface area contributed by atoms with E-state index in [1.807, 2.05) is 26.9 Å². The molecule has 0 aliphatic carbocycles. The molecule has 120 valence electrons. The van der Waals surface area contributed by atoms with Crippen LogP contribution in [0.3, 0.4) is 0 Å². The van der Waals surface area contributed by atoms with Crippen molar-refractivity contribution in [3.05, 3.63) is 0 Å². The molecule has 0 saturated carbocycles. The highest BCUT2D eigenvalue weighted by Crippen LogP contribution is 2.17. The topological polar surface area (TPSA) is 27.7 Å². The SMILES string of the molecule is C.C.C.C.C.CO[Si](C)(C)O[Si](C)(C)OC(C)C. The smallest absolute Gasteiger partial charge is 0.323 e.